The summed E-state index contributed by atoms with van der Waals surface area (Å²) in [5.74, 6) is 1.41. The molecule has 11 aromatic carbocycles. The highest BCUT2D eigenvalue weighted by Crippen LogP contribution is 2.39. The van der Waals surface area contributed by atoms with Crippen LogP contribution < -0.4 is 0 Å². The van der Waals surface area contributed by atoms with Crippen molar-refractivity contribution in [2.75, 3.05) is 0 Å². The summed E-state index contributed by atoms with van der Waals surface area (Å²) in [5.41, 5.74) is 24.0. The standard InChI is InChI=1S/C46H29N5.C40H25N5/c1-2-11-30(12-3-1)31-20-24-33(25-21-31)42-39-17-6-7-18-40(39)47-45(49-42)34-26-22-32(23-27-34)35-13-10-14-36(29-35)43-37-15-4-5-16-38(37)44-46(50-43)51-28-9-8-19-41(51)48-44;1-2-11-27(12-3-1)36-33-17-6-7-18-34(33)41-39(43-36)28-22-20-26(21-23-28)29-13-10-14-30(25-29)37-31-15-4-5-16-32(31)38-40(44-37)45-24-9-8-19-35(45)42-38/h1-29H;1-25H. The number of pyridine rings is 4. The van der Waals surface area contributed by atoms with Gasteiger partial charge in [0.2, 0.25) is 0 Å². The number of fused-ring (bicyclic) bond motifs is 12. The predicted octanol–water partition coefficient (Wildman–Crippen LogP) is 21.0. The maximum Gasteiger partial charge on any atom is 0.165 e. The van der Waals surface area contributed by atoms with Crippen LogP contribution in [-0.4, -0.2) is 48.7 Å². The number of aromatic nitrogens is 10. The molecule has 10 heteroatoms. The summed E-state index contributed by atoms with van der Waals surface area (Å²) in [4.78, 5) is 40.3. The third kappa shape index (κ3) is 10.0. The first-order valence-corrected chi connectivity index (χ1v) is 32.1. The Bertz CT molecular complexity index is 6190. The molecule has 0 saturated carbocycles. The number of hydrogen-bond donors (Lipinski definition) is 0. The summed E-state index contributed by atoms with van der Waals surface area (Å²) >= 11 is 0. The highest BCUT2D eigenvalue weighted by molar-refractivity contribution is 6.11. The maximum absolute atomic E-state index is 5.21. The lowest BCUT2D eigenvalue weighted by molar-refractivity contribution is 1.19. The third-order valence-corrected chi connectivity index (χ3v) is 18.1. The van der Waals surface area contributed by atoms with Crippen molar-refractivity contribution in [1.29, 1.82) is 0 Å². The Morgan fingerprint density at radius 1 is 0.188 bits per heavy atom. The van der Waals surface area contributed by atoms with E-state index in [2.05, 4.69) is 239 Å². The number of hydrogen-bond acceptors (Lipinski definition) is 8. The molecule has 19 rings (SSSR count). The average Bonchev–Trinajstić information content (AvgIpc) is 1.56. The molecule has 0 fully saturated rings. The fraction of sp³-hybridized carbons (Fsp3) is 0. The molecule has 448 valence electrons. The first-order valence-electron chi connectivity index (χ1n) is 32.1. The predicted molar refractivity (Wildman–Crippen MR) is 391 cm³/mol. The largest absolute Gasteiger partial charge is 0.284 e. The molecule has 96 heavy (non-hydrogen) atoms. The van der Waals surface area contributed by atoms with Crippen LogP contribution in [0.2, 0.25) is 0 Å². The van der Waals surface area contributed by atoms with Crippen LogP contribution in [0.25, 0.3) is 178 Å². The first kappa shape index (κ1) is 55.6. The summed E-state index contributed by atoms with van der Waals surface area (Å²) in [7, 11) is 0. The van der Waals surface area contributed by atoms with Crippen molar-refractivity contribution in [3.05, 3.63) is 328 Å². The fourth-order valence-electron chi connectivity index (χ4n) is 13.3. The Kier molecular flexibility index (Phi) is 13.6. The molecule has 8 aromatic heterocycles. The third-order valence-electron chi connectivity index (χ3n) is 18.1. The van der Waals surface area contributed by atoms with Gasteiger partial charge in [-0.05, 0) is 81.9 Å². The van der Waals surface area contributed by atoms with Crippen LogP contribution in [0.15, 0.2) is 328 Å². The highest BCUT2D eigenvalue weighted by Gasteiger charge is 2.20. The van der Waals surface area contributed by atoms with Gasteiger partial charge in [-0.25, -0.2) is 39.9 Å². The van der Waals surface area contributed by atoms with Crippen molar-refractivity contribution < 1.29 is 0 Å². The molecule has 10 nitrogen and oxygen atoms in total. The number of imidazole rings is 2. The molecule has 0 aliphatic rings. The molecule has 0 N–H and O–H groups in total. The second-order valence-corrected chi connectivity index (χ2v) is 23.9. The zero-order valence-electron chi connectivity index (χ0n) is 51.6. The van der Waals surface area contributed by atoms with Crippen LogP contribution in [0.3, 0.4) is 0 Å². The van der Waals surface area contributed by atoms with Crippen LogP contribution >= 0.6 is 0 Å². The Labute approximate surface area is 551 Å². The van der Waals surface area contributed by atoms with Gasteiger partial charge in [0.25, 0.3) is 0 Å². The van der Waals surface area contributed by atoms with Crippen molar-refractivity contribution >= 4 is 77.0 Å². The monoisotopic (exact) mass is 1230 g/mol. The van der Waals surface area contributed by atoms with Crippen LogP contribution in [0.4, 0.5) is 0 Å². The first-order chi connectivity index (χ1) is 47.6. The van der Waals surface area contributed by atoms with E-state index in [-0.39, 0.29) is 0 Å². The average molecular weight is 1230 g/mol. The van der Waals surface area contributed by atoms with E-state index in [1.807, 2.05) is 97.3 Å². The minimum absolute atomic E-state index is 0.702. The Morgan fingerprint density at radius 3 is 0.958 bits per heavy atom. The number of para-hydroxylation sites is 2. The van der Waals surface area contributed by atoms with E-state index < -0.39 is 0 Å². The summed E-state index contributed by atoms with van der Waals surface area (Å²) < 4.78 is 4.12. The van der Waals surface area contributed by atoms with Gasteiger partial charge in [0, 0.05) is 78.1 Å². The van der Waals surface area contributed by atoms with Gasteiger partial charge in [0.05, 0.1) is 33.8 Å². The molecular formula is C86H54N10. The highest BCUT2D eigenvalue weighted by atomic mass is 15.1. The van der Waals surface area contributed by atoms with E-state index in [0.717, 1.165) is 155 Å². The second-order valence-electron chi connectivity index (χ2n) is 23.9. The molecule has 8 heterocycles. The second kappa shape index (κ2) is 23.5. The van der Waals surface area contributed by atoms with Crippen molar-refractivity contribution in [3.63, 3.8) is 0 Å². The van der Waals surface area contributed by atoms with Crippen molar-refractivity contribution in [3.8, 4) is 101 Å². The maximum atomic E-state index is 5.21. The topological polar surface area (TPSA) is 112 Å². The number of nitrogens with zero attached hydrogens (tertiary/aromatic N) is 10. The quantitative estimate of drug-likeness (QED) is 0.140. The zero-order chi connectivity index (χ0) is 63.5. The van der Waals surface area contributed by atoms with E-state index in [0.29, 0.717) is 11.6 Å². The van der Waals surface area contributed by atoms with Crippen molar-refractivity contribution in [1.82, 2.24) is 48.7 Å². The van der Waals surface area contributed by atoms with Crippen LogP contribution in [0.5, 0.6) is 0 Å². The molecule has 0 radical (unpaired) electrons. The molecule has 19 aromatic rings. The normalized spacial score (nSPS) is 11.5. The SMILES string of the molecule is c1ccc(-c2ccc(-c3nc(-c4ccc(-c5cccc(-c6nc7c(nc8ccccn87)c7ccccc67)c5)cc4)nc4ccccc34)cc2)cc1.c1ccc(-c2nc(-c3ccc(-c4cccc(-c5nc6c(nc7ccccn76)c6ccccc56)c4)cc3)nc3ccccc23)cc1. The van der Waals surface area contributed by atoms with Gasteiger partial charge in [-0.2, -0.15) is 0 Å². The van der Waals surface area contributed by atoms with Crippen LogP contribution in [-0.2, 0) is 0 Å². The van der Waals surface area contributed by atoms with Gasteiger partial charge in [-0.1, -0.05) is 267 Å². The van der Waals surface area contributed by atoms with Crippen LogP contribution in [0.1, 0.15) is 0 Å². The summed E-state index contributed by atoms with van der Waals surface area (Å²) in [6.45, 7) is 0. The van der Waals surface area contributed by atoms with Gasteiger partial charge < -0.3 is 0 Å². The van der Waals surface area contributed by atoms with Crippen LogP contribution in [0, 0.1) is 0 Å². The Hall–Kier alpha value is -13.2. The lowest BCUT2D eigenvalue weighted by Gasteiger charge is -2.11. The van der Waals surface area contributed by atoms with E-state index in [1.165, 1.54) is 11.1 Å². The number of rotatable bonds is 9. The van der Waals surface area contributed by atoms with Gasteiger partial charge in [0.15, 0.2) is 22.9 Å². The molecule has 0 spiro atoms. The van der Waals surface area contributed by atoms with Crippen molar-refractivity contribution in [2.45, 2.75) is 0 Å². The summed E-state index contributed by atoms with van der Waals surface area (Å²) in [6, 6.07) is 109. The zero-order valence-corrected chi connectivity index (χ0v) is 51.6. The van der Waals surface area contributed by atoms with Gasteiger partial charge in [0.1, 0.15) is 22.3 Å². The summed E-state index contributed by atoms with van der Waals surface area (Å²) in [6.07, 6.45) is 4.05. The van der Waals surface area contributed by atoms with E-state index in [4.69, 9.17) is 39.9 Å². The van der Waals surface area contributed by atoms with Gasteiger partial charge >= 0.3 is 0 Å². The number of benzene rings is 11. The molecule has 0 saturated heterocycles. The molecule has 0 atom stereocenters. The molecule has 0 bridgehead atoms. The lowest BCUT2D eigenvalue weighted by atomic mass is 9.98. The molecule has 0 amide bonds. The smallest absolute Gasteiger partial charge is 0.165 e. The van der Waals surface area contributed by atoms with Gasteiger partial charge in [-0.15, -0.1) is 0 Å². The lowest BCUT2D eigenvalue weighted by Crippen LogP contribution is -1.95. The minimum Gasteiger partial charge on any atom is -0.284 e. The van der Waals surface area contributed by atoms with E-state index in [9.17, 15) is 0 Å². The molecule has 0 unspecified atom stereocenters. The Balaban J connectivity index is 0.000000141. The molecule has 0 aliphatic carbocycles. The fourth-order valence-corrected chi connectivity index (χ4v) is 13.3. The minimum atomic E-state index is 0.702. The van der Waals surface area contributed by atoms with Crippen molar-refractivity contribution in [2.24, 2.45) is 0 Å². The molecule has 0 aliphatic heterocycles. The summed E-state index contributed by atoms with van der Waals surface area (Å²) in [5, 5.41) is 6.44. The van der Waals surface area contributed by atoms with E-state index in [1.54, 1.807) is 0 Å². The van der Waals surface area contributed by atoms with Gasteiger partial charge in [-0.3, -0.25) is 8.80 Å². The Morgan fingerprint density at radius 2 is 0.500 bits per heavy atom. The molecular weight excluding hydrogens is 1170 g/mol. The van der Waals surface area contributed by atoms with E-state index >= 15 is 0 Å².